The summed E-state index contributed by atoms with van der Waals surface area (Å²) in [7, 11) is 0. The fourth-order valence-corrected chi connectivity index (χ4v) is 2.90. The van der Waals surface area contributed by atoms with E-state index in [2.05, 4.69) is 4.98 Å². The Labute approximate surface area is 109 Å². The molecule has 2 N–H and O–H groups in total. The summed E-state index contributed by atoms with van der Waals surface area (Å²) in [6.45, 7) is 0. The smallest absolute Gasteiger partial charge is 0.165 e. The molecule has 0 aliphatic heterocycles. The SMILES string of the molecule is Oc1ccc2c(c1O)-c1cccc3ccnc(c13)C2. The van der Waals surface area contributed by atoms with E-state index in [0.29, 0.717) is 6.42 Å². The van der Waals surface area contributed by atoms with Crippen molar-refractivity contribution in [2.45, 2.75) is 6.42 Å². The second-order valence-electron chi connectivity index (χ2n) is 4.81. The Kier molecular flexibility index (Phi) is 1.90. The van der Waals surface area contributed by atoms with Gasteiger partial charge in [0.1, 0.15) is 0 Å². The molecule has 2 aromatic carbocycles. The minimum atomic E-state index is -0.0805. The van der Waals surface area contributed by atoms with Gasteiger partial charge in [0.15, 0.2) is 11.5 Å². The summed E-state index contributed by atoms with van der Waals surface area (Å²) < 4.78 is 0. The molecule has 0 saturated carbocycles. The van der Waals surface area contributed by atoms with Crippen molar-refractivity contribution in [3.8, 4) is 22.6 Å². The molecule has 0 spiro atoms. The van der Waals surface area contributed by atoms with Gasteiger partial charge in [0.2, 0.25) is 0 Å². The van der Waals surface area contributed by atoms with Crippen LogP contribution in [0.4, 0.5) is 0 Å². The summed E-state index contributed by atoms with van der Waals surface area (Å²) >= 11 is 0. The fourth-order valence-electron chi connectivity index (χ4n) is 2.90. The minimum absolute atomic E-state index is 0.0421. The highest BCUT2D eigenvalue weighted by Crippen LogP contribution is 2.46. The maximum atomic E-state index is 10.2. The monoisotopic (exact) mass is 249 g/mol. The van der Waals surface area contributed by atoms with Gasteiger partial charge in [0.25, 0.3) is 0 Å². The molecule has 0 amide bonds. The first-order chi connectivity index (χ1) is 9.25. The summed E-state index contributed by atoms with van der Waals surface area (Å²) in [6.07, 6.45) is 2.49. The quantitative estimate of drug-likeness (QED) is 0.470. The standard InChI is InChI=1S/C16H11NO2/c18-13-5-4-10-8-12-14-9(6-7-17-12)2-1-3-11(14)15(10)16(13)19/h1-7,18-19H,8H2. The molecule has 1 aliphatic carbocycles. The number of phenols is 2. The fraction of sp³-hybridized carbons (Fsp3) is 0.0625. The van der Waals surface area contributed by atoms with E-state index in [1.807, 2.05) is 36.5 Å². The van der Waals surface area contributed by atoms with Crippen molar-refractivity contribution in [3.05, 3.63) is 53.9 Å². The van der Waals surface area contributed by atoms with Crippen LogP contribution in [-0.4, -0.2) is 15.2 Å². The van der Waals surface area contributed by atoms with Crippen molar-refractivity contribution >= 4 is 10.8 Å². The van der Waals surface area contributed by atoms with Gasteiger partial charge in [-0.3, -0.25) is 4.98 Å². The lowest BCUT2D eigenvalue weighted by atomic mass is 9.85. The summed E-state index contributed by atoms with van der Waals surface area (Å²) in [4.78, 5) is 4.44. The number of aromatic hydroxyl groups is 2. The number of phenolic OH excluding ortho intramolecular Hbond substituents is 2. The van der Waals surface area contributed by atoms with Crippen molar-refractivity contribution in [2.24, 2.45) is 0 Å². The summed E-state index contributed by atoms with van der Waals surface area (Å²) in [6, 6.07) is 11.3. The lowest BCUT2D eigenvalue weighted by molar-refractivity contribution is 0.404. The Morgan fingerprint density at radius 2 is 1.89 bits per heavy atom. The number of benzene rings is 2. The normalized spacial score (nSPS) is 12.4. The van der Waals surface area contributed by atoms with E-state index in [1.165, 1.54) is 6.07 Å². The Bertz CT molecular complexity index is 819. The summed E-state index contributed by atoms with van der Waals surface area (Å²) in [5, 5.41) is 22.0. The molecule has 1 aromatic heterocycles. The molecule has 92 valence electrons. The van der Waals surface area contributed by atoms with Gasteiger partial charge in [-0.2, -0.15) is 0 Å². The summed E-state index contributed by atoms with van der Waals surface area (Å²) in [5.74, 6) is -0.123. The molecule has 0 atom stereocenters. The molecule has 19 heavy (non-hydrogen) atoms. The van der Waals surface area contributed by atoms with Gasteiger partial charge in [0.05, 0.1) is 5.69 Å². The topological polar surface area (TPSA) is 53.4 Å². The zero-order chi connectivity index (χ0) is 13.0. The zero-order valence-corrected chi connectivity index (χ0v) is 10.1. The third-order valence-electron chi connectivity index (χ3n) is 3.74. The second-order valence-corrected chi connectivity index (χ2v) is 4.81. The molecule has 4 rings (SSSR count). The van der Waals surface area contributed by atoms with Crippen molar-refractivity contribution in [1.29, 1.82) is 0 Å². The van der Waals surface area contributed by atoms with Crippen LogP contribution in [0.5, 0.6) is 11.5 Å². The molecular weight excluding hydrogens is 238 g/mol. The van der Waals surface area contributed by atoms with Crippen molar-refractivity contribution in [3.63, 3.8) is 0 Å². The van der Waals surface area contributed by atoms with E-state index in [0.717, 1.165) is 33.2 Å². The number of hydrogen-bond donors (Lipinski definition) is 2. The first kappa shape index (κ1) is 10.4. The van der Waals surface area contributed by atoms with Crippen LogP contribution in [0.15, 0.2) is 42.6 Å². The third-order valence-corrected chi connectivity index (χ3v) is 3.74. The van der Waals surface area contributed by atoms with Crippen LogP contribution in [0.2, 0.25) is 0 Å². The van der Waals surface area contributed by atoms with Crippen molar-refractivity contribution < 1.29 is 10.2 Å². The van der Waals surface area contributed by atoms with Crippen molar-refractivity contribution in [1.82, 2.24) is 4.98 Å². The lowest BCUT2D eigenvalue weighted by Crippen LogP contribution is -2.03. The van der Waals surface area contributed by atoms with Gasteiger partial charge < -0.3 is 10.2 Å². The van der Waals surface area contributed by atoms with Crippen LogP contribution in [0, 0.1) is 0 Å². The molecule has 1 heterocycles. The number of pyridine rings is 1. The molecule has 0 unspecified atom stereocenters. The third kappa shape index (κ3) is 1.30. The number of rotatable bonds is 0. The highest BCUT2D eigenvalue weighted by atomic mass is 16.3. The molecule has 3 heteroatoms. The average Bonchev–Trinajstić information content (AvgIpc) is 2.43. The Hall–Kier alpha value is -2.55. The first-order valence-corrected chi connectivity index (χ1v) is 6.16. The maximum Gasteiger partial charge on any atom is 0.165 e. The van der Waals surface area contributed by atoms with Gasteiger partial charge >= 0.3 is 0 Å². The van der Waals surface area contributed by atoms with E-state index in [1.54, 1.807) is 0 Å². The van der Waals surface area contributed by atoms with E-state index >= 15 is 0 Å². The first-order valence-electron chi connectivity index (χ1n) is 6.16. The Morgan fingerprint density at radius 1 is 1.00 bits per heavy atom. The molecular formula is C16H11NO2. The molecule has 0 radical (unpaired) electrons. The Balaban J connectivity index is 2.21. The largest absolute Gasteiger partial charge is 0.504 e. The zero-order valence-electron chi connectivity index (χ0n) is 10.1. The number of hydrogen-bond acceptors (Lipinski definition) is 3. The Morgan fingerprint density at radius 3 is 2.79 bits per heavy atom. The second kappa shape index (κ2) is 3.48. The maximum absolute atomic E-state index is 10.2. The van der Waals surface area contributed by atoms with Gasteiger partial charge in [-0.25, -0.2) is 0 Å². The van der Waals surface area contributed by atoms with Gasteiger partial charge in [-0.1, -0.05) is 24.3 Å². The van der Waals surface area contributed by atoms with Crippen LogP contribution >= 0.6 is 0 Å². The highest BCUT2D eigenvalue weighted by Gasteiger charge is 2.23. The lowest BCUT2D eigenvalue weighted by Gasteiger charge is -2.21. The van der Waals surface area contributed by atoms with Crippen LogP contribution in [0.1, 0.15) is 11.3 Å². The highest BCUT2D eigenvalue weighted by molar-refractivity contribution is 6.02. The van der Waals surface area contributed by atoms with Gasteiger partial charge in [-0.15, -0.1) is 0 Å². The molecule has 0 saturated heterocycles. The van der Waals surface area contributed by atoms with E-state index in [4.69, 9.17) is 0 Å². The van der Waals surface area contributed by atoms with Crippen LogP contribution < -0.4 is 0 Å². The van der Waals surface area contributed by atoms with Crippen LogP contribution in [0.25, 0.3) is 21.9 Å². The van der Waals surface area contributed by atoms with E-state index in [-0.39, 0.29) is 11.5 Å². The molecule has 3 aromatic rings. The van der Waals surface area contributed by atoms with E-state index in [9.17, 15) is 10.2 Å². The number of fused-ring (bicyclic) bond motifs is 2. The molecule has 0 bridgehead atoms. The predicted octanol–water partition coefficient (Wildman–Crippen LogP) is 3.22. The van der Waals surface area contributed by atoms with Gasteiger partial charge in [0, 0.05) is 23.6 Å². The van der Waals surface area contributed by atoms with E-state index < -0.39 is 0 Å². The average molecular weight is 249 g/mol. The number of aromatic nitrogens is 1. The van der Waals surface area contributed by atoms with Crippen molar-refractivity contribution in [2.75, 3.05) is 0 Å². The minimum Gasteiger partial charge on any atom is -0.504 e. The van der Waals surface area contributed by atoms with Crippen LogP contribution in [-0.2, 0) is 6.42 Å². The molecule has 3 nitrogen and oxygen atoms in total. The predicted molar refractivity (Wildman–Crippen MR) is 73.3 cm³/mol. The molecule has 0 fully saturated rings. The van der Waals surface area contributed by atoms with Crippen LogP contribution in [0.3, 0.4) is 0 Å². The molecule has 1 aliphatic rings. The summed E-state index contributed by atoms with van der Waals surface area (Å²) in [5.41, 5.74) is 3.68. The number of nitrogens with zero attached hydrogens (tertiary/aromatic N) is 1. The van der Waals surface area contributed by atoms with Gasteiger partial charge in [-0.05, 0) is 28.6 Å².